The summed E-state index contributed by atoms with van der Waals surface area (Å²) in [6.07, 6.45) is -0.633. The molecule has 0 aliphatic rings. The molecule has 23 heavy (non-hydrogen) atoms. The van der Waals surface area contributed by atoms with Crippen LogP contribution in [0.15, 0.2) is 4.52 Å². The van der Waals surface area contributed by atoms with Crippen LogP contribution in [0, 0.1) is 11.7 Å². The smallest absolute Gasteiger partial charge is 0.316 e. The summed E-state index contributed by atoms with van der Waals surface area (Å²) in [5.41, 5.74) is 0. The topological polar surface area (TPSA) is 80.0 Å². The molecular formula is C15H24FNO6. The molecule has 7 nitrogen and oxygen atoms in total. The number of ether oxygens (including phenoxy) is 4. The van der Waals surface area contributed by atoms with Gasteiger partial charge in [-0.2, -0.15) is 4.39 Å². The summed E-state index contributed by atoms with van der Waals surface area (Å²) in [5.74, 6) is -3.06. The van der Waals surface area contributed by atoms with Crippen LogP contribution in [0.5, 0.6) is 5.88 Å². The Bertz CT molecular complexity index is 484. The molecule has 132 valence electrons. The maximum absolute atomic E-state index is 14.4. The Morgan fingerprint density at radius 3 is 2.35 bits per heavy atom. The zero-order chi connectivity index (χ0) is 17.4. The first-order chi connectivity index (χ1) is 11.0. The number of hydrogen-bond acceptors (Lipinski definition) is 7. The Morgan fingerprint density at radius 1 is 1.26 bits per heavy atom. The van der Waals surface area contributed by atoms with Crippen LogP contribution in [0.4, 0.5) is 4.39 Å². The summed E-state index contributed by atoms with van der Waals surface area (Å²) in [4.78, 5) is 11.8. The van der Waals surface area contributed by atoms with Crippen LogP contribution < -0.4 is 4.74 Å². The number of carbonyl (C=O) groups is 1. The van der Waals surface area contributed by atoms with Crippen molar-refractivity contribution in [1.82, 2.24) is 5.16 Å². The highest BCUT2D eigenvalue weighted by Crippen LogP contribution is 2.32. The maximum Gasteiger partial charge on any atom is 0.316 e. The molecule has 0 aliphatic heterocycles. The molecular weight excluding hydrogens is 309 g/mol. The van der Waals surface area contributed by atoms with Gasteiger partial charge in [-0.3, -0.25) is 4.79 Å². The second-order valence-corrected chi connectivity index (χ2v) is 5.06. The fourth-order valence-electron chi connectivity index (χ4n) is 2.03. The van der Waals surface area contributed by atoms with Gasteiger partial charge in [0, 0.05) is 13.2 Å². The Morgan fingerprint density at radius 2 is 1.87 bits per heavy atom. The van der Waals surface area contributed by atoms with Crippen molar-refractivity contribution in [2.24, 2.45) is 5.92 Å². The molecule has 0 bridgehead atoms. The molecule has 1 aromatic heterocycles. The zero-order valence-corrected chi connectivity index (χ0v) is 14.1. The first-order valence-corrected chi connectivity index (χ1v) is 7.55. The fourth-order valence-corrected chi connectivity index (χ4v) is 2.03. The molecule has 1 atom stereocenters. The van der Waals surface area contributed by atoms with E-state index < -0.39 is 24.0 Å². The third-order valence-electron chi connectivity index (χ3n) is 3.10. The molecule has 8 heteroatoms. The lowest BCUT2D eigenvalue weighted by molar-refractivity contribution is -0.153. The minimum absolute atomic E-state index is 0.0465. The van der Waals surface area contributed by atoms with Crippen molar-refractivity contribution in [2.45, 2.75) is 39.9 Å². The van der Waals surface area contributed by atoms with Crippen molar-refractivity contribution in [2.75, 3.05) is 26.9 Å². The number of nitrogens with zero attached hydrogens (tertiary/aromatic N) is 1. The molecule has 0 spiro atoms. The lowest BCUT2D eigenvalue weighted by Gasteiger charge is -2.16. The van der Waals surface area contributed by atoms with Crippen LogP contribution in [0.1, 0.15) is 39.4 Å². The van der Waals surface area contributed by atoms with Crippen LogP contribution in [0.2, 0.25) is 0 Å². The van der Waals surface area contributed by atoms with Gasteiger partial charge >= 0.3 is 5.97 Å². The molecule has 0 radical (unpaired) electrons. The number of aromatic nitrogens is 1. The summed E-state index contributed by atoms with van der Waals surface area (Å²) >= 11 is 0. The van der Waals surface area contributed by atoms with Crippen LogP contribution in [0.3, 0.4) is 0 Å². The van der Waals surface area contributed by atoms with E-state index in [-0.39, 0.29) is 24.2 Å². The van der Waals surface area contributed by atoms with E-state index in [1.54, 1.807) is 13.8 Å². The van der Waals surface area contributed by atoms with Gasteiger partial charge in [0.2, 0.25) is 5.82 Å². The molecule has 1 unspecified atom stereocenters. The molecule has 0 N–H and O–H groups in total. The lowest BCUT2D eigenvalue weighted by Crippen LogP contribution is -2.25. The number of halogens is 1. The van der Waals surface area contributed by atoms with Gasteiger partial charge in [0.1, 0.15) is 12.5 Å². The predicted molar refractivity (Wildman–Crippen MR) is 78.6 cm³/mol. The number of carbonyl (C=O) groups excluding carboxylic acids is 1. The van der Waals surface area contributed by atoms with Crippen molar-refractivity contribution < 1.29 is 32.7 Å². The van der Waals surface area contributed by atoms with E-state index in [0.29, 0.717) is 13.2 Å². The molecule has 0 saturated heterocycles. The highest BCUT2D eigenvalue weighted by Gasteiger charge is 2.34. The number of rotatable bonds is 10. The van der Waals surface area contributed by atoms with Crippen molar-refractivity contribution >= 4 is 5.97 Å². The highest BCUT2D eigenvalue weighted by atomic mass is 19.1. The Kier molecular flexibility index (Phi) is 7.97. The van der Waals surface area contributed by atoms with E-state index >= 15 is 0 Å². The van der Waals surface area contributed by atoms with Gasteiger partial charge in [-0.15, -0.1) is 0 Å². The van der Waals surface area contributed by atoms with Crippen LogP contribution in [-0.2, 0) is 19.0 Å². The second kappa shape index (κ2) is 9.46. The average Bonchev–Trinajstić information content (AvgIpc) is 2.86. The first-order valence-electron chi connectivity index (χ1n) is 7.55. The van der Waals surface area contributed by atoms with Crippen LogP contribution >= 0.6 is 0 Å². The normalized spacial score (nSPS) is 12.7. The largest absolute Gasteiger partial charge is 0.468 e. The first kappa shape index (κ1) is 19.4. The van der Waals surface area contributed by atoms with Gasteiger partial charge in [-0.05, 0) is 24.9 Å². The van der Waals surface area contributed by atoms with Gasteiger partial charge in [0.15, 0.2) is 12.1 Å². The summed E-state index contributed by atoms with van der Waals surface area (Å²) in [5, 5.41) is 3.54. The Balaban J connectivity index is 2.84. The fraction of sp³-hybridized carbons (Fsp3) is 0.733. The average molecular weight is 333 g/mol. The molecule has 0 fully saturated rings. The summed E-state index contributed by atoms with van der Waals surface area (Å²) in [6, 6.07) is 0. The van der Waals surface area contributed by atoms with E-state index in [0.717, 1.165) is 0 Å². The summed E-state index contributed by atoms with van der Waals surface area (Å²) < 4.78 is 39.9. The minimum Gasteiger partial charge on any atom is -0.468 e. The molecule has 0 amide bonds. The van der Waals surface area contributed by atoms with Gasteiger partial charge in [-0.1, -0.05) is 13.8 Å². The van der Waals surface area contributed by atoms with Crippen LogP contribution in [-0.4, -0.2) is 44.3 Å². The summed E-state index contributed by atoms with van der Waals surface area (Å²) in [6.45, 7) is 7.94. The lowest BCUT2D eigenvalue weighted by atomic mass is 9.93. The molecule has 0 saturated carbocycles. The van der Waals surface area contributed by atoms with E-state index in [2.05, 4.69) is 9.89 Å². The van der Waals surface area contributed by atoms with Gasteiger partial charge in [-0.25, -0.2) is 0 Å². The van der Waals surface area contributed by atoms with Gasteiger partial charge in [0.05, 0.1) is 7.11 Å². The maximum atomic E-state index is 14.4. The molecule has 1 rings (SSSR count). The van der Waals surface area contributed by atoms with Crippen molar-refractivity contribution in [3.63, 3.8) is 0 Å². The second-order valence-electron chi connectivity index (χ2n) is 5.06. The van der Waals surface area contributed by atoms with Crippen LogP contribution in [0.25, 0.3) is 0 Å². The van der Waals surface area contributed by atoms with E-state index in [4.69, 9.17) is 18.7 Å². The highest BCUT2D eigenvalue weighted by molar-refractivity contribution is 5.77. The monoisotopic (exact) mass is 333 g/mol. The van der Waals surface area contributed by atoms with E-state index in [1.807, 2.05) is 13.8 Å². The molecule has 0 aromatic carbocycles. The van der Waals surface area contributed by atoms with Gasteiger partial charge in [0.25, 0.3) is 5.88 Å². The third-order valence-corrected chi connectivity index (χ3v) is 3.10. The zero-order valence-electron chi connectivity index (χ0n) is 14.1. The SMILES string of the molecule is CCOC(COc1noc(C(C(=O)OC)C(C)C)c1F)OCC. The predicted octanol–water partition coefficient (Wildman–Crippen LogP) is 2.50. The minimum atomic E-state index is -0.889. The quantitative estimate of drug-likeness (QED) is 0.481. The number of methoxy groups -OCH3 is 1. The standard InChI is InChI=1S/C15H24FNO6/c1-6-20-10(21-7-2)8-22-14-12(16)13(23-17-14)11(9(3)4)15(18)19-5/h9-11H,6-8H2,1-5H3. The van der Waals surface area contributed by atoms with Crippen molar-refractivity contribution in [1.29, 1.82) is 0 Å². The number of hydrogen-bond donors (Lipinski definition) is 0. The Hall–Kier alpha value is -1.67. The van der Waals surface area contributed by atoms with Crippen molar-refractivity contribution in [3.8, 4) is 5.88 Å². The summed E-state index contributed by atoms with van der Waals surface area (Å²) in [7, 11) is 1.23. The van der Waals surface area contributed by atoms with Gasteiger partial charge < -0.3 is 23.5 Å². The number of esters is 1. The Labute approximate surface area is 135 Å². The molecule has 1 aromatic rings. The molecule has 0 aliphatic carbocycles. The third kappa shape index (κ3) is 5.18. The van der Waals surface area contributed by atoms with E-state index in [1.165, 1.54) is 7.11 Å². The van der Waals surface area contributed by atoms with E-state index in [9.17, 15) is 9.18 Å². The van der Waals surface area contributed by atoms with Crippen molar-refractivity contribution in [3.05, 3.63) is 11.6 Å². The molecule has 1 heterocycles.